The molecule has 0 aromatic heterocycles. The summed E-state index contributed by atoms with van der Waals surface area (Å²) in [5.41, 5.74) is 2.53. The van der Waals surface area contributed by atoms with Crippen LogP contribution in [0.5, 0.6) is 17.2 Å². The number of para-hydroxylation sites is 3. The highest BCUT2D eigenvalue weighted by Crippen LogP contribution is 2.51. The van der Waals surface area contributed by atoms with E-state index in [4.69, 9.17) is 28.3 Å². The molecule has 0 aliphatic rings. The molecule has 3 N–H and O–H groups in total. The van der Waals surface area contributed by atoms with E-state index in [1.54, 1.807) is 18.2 Å². The van der Waals surface area contributed by atoms with Gasteiger partial charge in [-0.25, -0.2) is 0 Å². The van der Waals surface area contributed by atoms with E-state index < -0.39 is 16.4 Å². The Labute approximate surface area is 177 Å². The molecule has 3 rings (SSSR count). The summed E-state index contributed by atoms with van der Waals surface area (Å²) >= 11 is 0. The second-order valence-corrected chi connectivity index (χ2v) is 8.26. The van der Waals surface area contributed by atoms with Crippen molar-refractivity contribution >= 4 is 16.4 Å². The van der Waals surface area contributed by atoms with Gasteiger partial charge in [0.1, 0.15) is 17.2 Å². The lowest BCUT2D eigenvalue weighted by Crippen LogP contribution is -2.09. The van der Waals surface area contributed by atoms with E-state index >= 15 is 0 Å². The Kier molecular flexibility index (Phi) is 8.85. The maximum absolute atomic E-state index is 13.5. The summed E-state index contributed by atoms with van der Waals surface area (Å²) in [4.78, 5) is 21.7. The molecule has 7 nitrogen and oxygen atoms in total. The van der Waals surface area contributed by atoms with Gasteiger partial charge in [-0.05, 0) is 55.7 Å². The van der Waals surface area contributed by atoms with Gasteiger partial charge in [0.05, 0.1) is 0 Å². The summed E-state index contributed by atoms with van der Waals surface area (Å²) in [5.74, 6) is 1.37. The summed E-state index contributed by atoms with van der Waals surface area (Å²) < 4.78 is 30.8. The fourth-order valence-corrected chi connectivity index (χ4v) is 3.84. The van der Waals surface area contributed by atoms with E-state index in [9.17, 15) is 4.57 Å². The second kappa shape index (κ2) is 11.1. The molecule has 0 fully saturated rings. The summed E-state index contributed by atoms with van der Waals surface area (Å²) in [6, 6.07) is 22.0. The Balaban J connectivity index is 0.000000735. The fraction of sp³-hybridized carbons (Fsp3) is 0.143. The van der Waals surface area contributed by atoms with E-state index in [0.29, 0.717) is 17.2 Å². The predicted molar refractivity (Wildman–Crippen MR) is 117 cm³/mol. The molecule has 0 bridgehead atoms. The Morgan fingerprint density at radius 3 is 1.07 bits per heavy atom. The van der Waals surface area contributed by atoms with Crippen LogP contribution in [0, 0.1) is 20.8 Å². The second-order valence-electron chi connectivity index (χ2n) is 6.29. The van der Waals surface area contributed by atoms with Crippen molar-refractivity contribution in [2.45, 2.75) is 20.8 Å². The Morgan fingerprint density at radius 2 is 0.833 bits per heavy atom. The third kappa shape index (κ3) is 7.45. The Hall–Kier alpha value is -2.40. The monoisotopic (exact) mass is 450 g/mol. The third-order valence-corrected chi connectivity index (χ3v) is 5.17. The van der Waals surface area contributed by atoms with Crippen LogP contribution in [0.1, 0.15) is 16.7 Å². The molecule has 160 valence electrons. The van der Waals surface area contributed by atoms with Crippen LogP contribution in [-0.2, 0) is 4.57 Å². The van der Waals surface area contributed by atoms with Crippen LogP contribution >= 0.6 is 16.4 Å². The highest BCUT2D eigenvalue weighted by Gasteiger charge is 2.34. The first kappa shape index (κ1) is 23.9. The lowest BCUT2D eigenvalue weighted by Gasteiger charge is -2.21. The van der Waals surface area contributed by atoms with Gasteiger partial charge in [0.25, 0.3) is 0 Å². The van der Waals surface area contributed by atoms with E-state index in [1.807, 2.05) is 75.4 Å². The Bertz CT molecular complexity index is 883. The molecular weight excluding hydrogens is 426 g/mol. The minimum absolute atomic E-state index is 0.456. The maximum Gasteiger partial charge on any atom is 0.647 e. The first-order valence-corrected chi connectivity index (χ1v) is 11.6. The van der Waals surface area contributed by atoms with Gasteiger partial charge in [-0.2, -0.15) is 4.57 Å². The van der Waals surface area contributed by atoms with Crippen molar-refractivity contribution in [3.63, 3.8) is 0 Å². The van der Waals surface area contributed by atoms with Gasteiger partial charge in [0, 0.05) is 0 Å². The standard InChI is InChI=1S/C21H21O4P.H3O3P/c1-16-10-4-7-13-19(16)23-26(22,24-20-14-8-5-11-17(20)2)25-21-15-9-6-12-18(21)3;1-4(2)3/h4-15H,1-3H3;1-3H. The molecular formula is C21H24O7P2. The van der Waals surface area contributed by atoms with Crippen LogP contribution in [0.2, 0.25) is 0 Å². The molecule has 0 heterocycles. The molecule has 0 amide bonds. The summed E-state index contributed by atoms with van der Waals surface area (Å²) in [6.07, 6.45) is 0. The number of hydrogen-bond acceptors (Lipinski definition) is 7. The van der Waals surface area contributed by atoms with Crippen molar-refractivity contribution in [2.75, 3.05) is 0 Å². The fourth-order valence-electron chi connectivity index (χ4n) is 2.39. The predicted octanol–water partition coefficient (Wildman–Crippen LogP) is 5.45. The van der Waals surface area contributed by atoms with Crippen molar-refractivity contribution in [1.82, 2.24) is 0 Å². The van der Waals surface area contributed by atoms with E-state index in [0.717, 1.165) is 16.7 Å². The van der Waals surface area contributed by atoms with E-state index in [1.165, 1.54) is 0 Å². The molecule has 0 radical (unpaired) electrons. The van der Waals surface area contributed by atoms with Gasteiger partial charge in [-0.1, -0.05) is 54.6 Å². The molecule has 0 spiro atoms. The van der Waals surface area contributed by atoms with Gasteiger partial charge < -0.3 is 28.3 Å². The van der Waals surface area contributed by atoms with Crippen LogP contribution in [0.15, 0.2) is 72.8 Å². The van der Waals surface area contributed by atoms with Crippen LogP contribution in [0.4, 0.5) is 0 Å². The number of hydrogen-bond donors (Lipinski definition) is 3. The summed E-state index contributed by atoms with van der Waals surface area (Å²) in [7, 11) is -6.59. The van der Waals surface area contributed by atoms with Gasteiger partial charge in [0.2, 0.25) is 0 Å². The first-order valence-electron chi connectivity index (χ1n) is 8.92. The van der Waals surface area contributed by atoms with Crippen molar-refractivity contribution in [3.05, 3.63) is 89.5 Å². The molecule has 9 heteroatoms. The normalized spacial score (nSPS) is 10.8. The number of aryl methyl sites for hydroxylation is 3. The highest BCUT2D eigenvalue weighted by atomic mass is 31.2. The number of phosphoric ester groups is 1. The zero-order chi connectivity index (χ0) is 22.1. The molecule has 0 unspecified atom stereocenters. The minimum atomic E-state index is -3.97. The highest BCUT2D eigenvalue weighted by molar-refractivity contribution is 7.49. The minimum Gasteiger partial charge on any atom is -0.386 e. The number of benzene rings is 3. The van der Waals surface area contributed by atoms with Gasteiger partial charge in [-0.15, -0.1) is 0 Å². The molecule has 0 atom stereocenters. The topological polar surface area (TPSA) is 105 Å². The SMILES string of the molecule is Cc1ccccc1OP(=O)(Oc1ccccc1C)Oc1ccccc1C.OP(O)O. The van der Waals surface area contributed by atoms with Crippen LogP contribution in [0.25, 0.3) is 0 Å². The van der Waals surface area contributed by atoms with Crippen molar-refractivity contribution < 1.29 is 32.8 Å². The third-order valence-electron chi connectivity index (χ3n) is 3.91. The summed E-state index contributed by atoms with van der Waals surface area (Å²) in [6.45, 7) is 5.63. The average Bonchev–Trinajstić information content (AvgIpc) is 2.67. The first-order chi connectivity index (χ1) is 14.2. The number of phosphoric acid groups is 1. The molecule has 3 aromatic rings. The molecule has 0 aliphatic heterocycles. The van der Waals surface area contributed by atoms with Gasteiger partial charge in [0.15, 0.2) is 0 Å². The lowest BCUT2D eigenvalue weighted by atomic mass is 10.2. The van der Waals surface area contributed by atoms with Gasteiger partial charge >= 0.3 is 16.4 Å². The van der Waals surface area contributed by atoms with Crippen molar-refractivity contribution in [2.24, 2.45) is 0 Å². The quantitative estimate of drug-likeness (QED) is 0.429. The smallest absolute Gasteiger partial charge is 0.386 e. The van der Waals surface area contributed by atoms with E-state index in [2.05, 4.69) is 0 Å². The molecule has 0 aliphatic carbocycles. The lowest BCUT2D eigenvalue weighted by molar-refractivity contribution is 0.296. The van der Waals surface area contributed by atoms with Crippen molar-refractivity contribution in [3.8, 4) is 17.2 Å². The van der Waals surface area contributed by atoms with E-state index in [-0.39, 0.29) is 0 Å². The maximum atomic E-state index is 13.5. The average molecular weight is 450 g/mol. The molecule has 30 heavy (non-hydrogen) atoms. The molecule has 0 saturated heterocycles. The van der Waals surface area contributed by atoms with Crippen LogP contribution in [0.3, 0.4) is 0 Å². The van der Waals surface area contributed by atoms with Gasteiger partial charge in [-0.3, -0.25) is 0 Å². The Morgan fingerprint density at radius 1 is 0.600 bits per heavy atom. The number of rotatable bonds is 6. The molecule has 0 saturated carbocycles. The molecule has 3 aromatic carbocycles. The van der Waals surface area contributed by atoms with Crippen LogP contribution < -0.4 is 13.6 Å². The van der Waals surface area contributed by atoms with Crippen molar-refractivity contribution in [1.29, 1.82) is 0 Å². The largest absolute Gasteiger partial charge is 0.647 e. The zero-order valence-corrected chi connectivity index (χ0v) is 18.6. The summed E-state index contributed by atoms with van der Waals surface area (Å²) in [5, 5.41) is 0. The zero-order valence-electron chi connectivity index (χ0n) is 16.8. The van der Waals surface area contributed by atoms with Crippen LogP contribution in [-0.4, -0.2) is 14.7 Å².